The largest absolute Gasteiger partial charge is 0.316 e. The third-order valence-electron chi connectivity index (χ3n) is 9.03. The van der Waals surface area contributed by atoms with Gasteiger partial charge in [-0.1, -0.05) is 91.0 Å². The number of benzene rings is 3. The molecule has 0 unspecified atom stereocenters. The van der Waals surface area contributed by atoms with Gasteiger partial charge < -0.3 is 16.0 Å². The van der Waals surface area contributed by atoms with Crippen molar-refractivity contribution in [2.24, 2.45) is 17.8 Å². The Bertz CT molecular complexity index is 896. The van der Waals surface area contributed by atoms with Crippen molar-refractivity contribution in [1.29, 1.82) is 0 Å². The SMILES string of the molecule is c1ccc(CCCCNCC2CC(CNCCCCc3ccccc3)CC(CNCCCCc3ccccc3)C2)cc1. The fraction of sp³-hybridized carbons (Fsp3) is 0.538. The maximum atomic E-state index is 3.84. The van der Waals surface area contributed by atoms with E-state index < -0.39 is 0 Å². The van der Waals surface area contributed by atoms with Crippen LogP contribution in [-0.2, 0) is 19.3 Å². The van der Waals surface area contributed by atoms with Crippen LogP contribution in [-0.4, -0.2) is 39.3 Å². The predicted octanol–water partition coefficient (Wildman–Crippen LogP) is 7.86. The molecule has 3 nitrogen and oxygen atoms in total. The van der Waals surface area contributed by atoms with Gasteiger partial charge in [-0.25, -0.2) is 0 Å². The van der Waals surface area contributed by atoms with Crippen LogP contribution in [0.3, 0.4) is 0 Å². The van der Waals surface area contributed by atoms with E-state index in [0.29, 0.717) is 0 Å². The monoisotopic (exact) mass is 567 g/mol. The highest BCUT2D eigenvalue weighted by Crippen LogP contribution is 2.32. The molecule has 228 valence electrons. The van der Waals surface area contributed by atoms with Gasteiger partial charge in [-0.15, -0.1) is 0 Å². The second-order valence-electron chi connectivity index (χ2n) is 12.7. The Morgan fingerprint density at radius 3 is 0.952 bits per heavy atom. The molecule has 0 saturated heterocycles. The number of hydrogen-bond acceptors (Lipinski definition) is 3. The molecule has 0 aliphatic heterocycles. The van der Waals surface area contributed by atoms with Crippen molar-refractivity contribution in [2.45, 2.75) is 77.0 Å². The normalized spacial score (nSPS) is 18.7. The van der Waals surface area contributed by atoms with E-state index in [9.17, 15) is 0 Å². The van der Waals surface area contributed by atoms with Gasteiger partial charge in [0.2, 0.25) is 0 Å². The lowest BCUT2D eigenvalue weighted by Crippen LogP contribution is -2.38. The smallest absolute Gasteiger partial charge is 0.00203 e. The summed E-state index contributed by atoms with van der Waals surface area (Å²) in [7, 11) is 0. The van der Waals surface area contributed by atoms with E-state index in [-0.39, 0.29) is 0 Å². The zero-order valence-electron chi connectivity index (χ0n) is 26.1. The van der Waals surface area contributed by atoms with Crippen LogP contribution in [0.2, 0.25) is 0 Å². The fourth-order valence-electron chi connectivity index (χ4n) is 6.79. The molecule has 0 aromatic heterocycles. The van der Waals surface area contributed by atoms with E-state index in [4.69, 9.17) is 0 Å². The number of hydrogen-bond donors (Lipinski definition) is 3. The minimum atomic E-state index is 0.808. The second kappa shape index (κ2) is 20.4. The van der Waals surface area contributed by atoms with Crippen LogP contribution in [0.25, 0.3) is 0 Å². The van der Waals surface area contributed by atoms with Crippen LogP contribution in [0.1, 0.15) is 74.5 Å². The fourth-order valence-corrected chi connectivity index (χ4v) is 6.79. The maximum Gasteiger partial charge on any atom is -0.00203 e. The van der Waals surface area contributed by atoms with Crippen LogP contribution in [0.4, 0.5) is 0 Å². The van der Waals surface area contributed by atoms with Crippen molar-refractivity contribution in [3.8, 4) is 0 Å². The Morgan fingerprint density at radius 2 is 0.667 bits per heavy atom. The van der Waals surface area contributed by atoms with Crippen molar-refractivity contribution in [3.63, 3.8) is 0 Å². The summed E-state index contributed by atoms with van der Waals surface area (Å²) in [6, 6.07) is 32.8. The van der Waals surface area contributed by atoms with Crippen LogP contribution in [0.5, 0.6) is 0 Å². The first-order chi connectivity index (χ1) is 20.8. The highest BCUT2D eigenvalue weighted by atomic mass is 14.9. The Labute approximate surface area is 257 Å². The van der Waals surface area contributed by atoms with Gasteiger partial charge in [-0.2, -0.15) is 0 Å². The average Bonchev–Trinajstić information content (AvgIpc) is 3.04. The molecule has 1 aliphatic carbocycles. The summed E-state index contributed by atoms with van der Waals surface area (Å²) in [4.78, 5) is 0. The summed E-state index contributed by atoms with van der Waals surface area (Å²) in [6.07, 6.45) is 15.3. The second-order valence-corrected chi connectivity index (χ2v) is 12.7. The van der Waals surface area contributed by atoms with Crippen LogP contribution in [0.15, 0.2) is 91.0 Å². The van der Waals surface area contributed by atoms with Crippen LogP contribution in [0, 0.1) is 17.8 Å². The summed E-state index contributed by atoms with van der Waals surface area (Å²) < 4.78 is 0. The molecule has 42 heavy (non-hydrogen) atoms. The van der Waals surface area contributed by atoms with E-state index in [1.807, 2.05) is 0 Å². The topological polar surface area (TPSA) is 36.1 Å². The minimum absolute atomic E-state index is 0.808. The molecule has 1 fully saturated rings. The number of rotatable bonds is 21. The third kappa shape index (κ3) is 13.7. The molecule has 0 spiro atoms. The summed E-state index contributed by atoms with van der Waals surface area (Å²) in [5, 5.41) is 11.5. The first kappa shape index (κ1) is 32.5. The van der Waals surface area contributed by atoms with Gasteiger partial charge in [0, 0.05) is 0 Å². The van der Waals surface area contributed by atoms with Crippen LogP contribution >= 0.6 is 0 Å². The van der Waals surface area contributed by atoms with Crippen molar-refractivity contribution in [2.75, 3.05) is 39.3 Å². The minimum Gasteiger partial charge on any atom is -0.316 e. The standard InChI is InChI=1S/C39H57N3/c1-4-16-34(17-5-1)22-10-13-25-40-31-37-28-38(32-41-26-14-11-23-35-18-6-2-7-19-35)30-39(29-37)33-42-27-15-12-24-36-20-8-3-9-21-36/h1-9,16-21,37-42H,10-15,22-33H2. The Morgan fingerprint density at radius 1 is 0.381 bits per heavy atom. The highest BCUT2D eigenvalue weighted by molar-refractivity contribution is 5.16. The predicted molar refractivity (Wildman–Crippen MR) is 181 cm³/mol. The van der Waals surface area contributed by atoms with Gasteiger partial charge in [0.25, 0.3) is 0 Å². The molecule has 3 heteroatoms. The molecular weight excluding hydrogens is 510 g/mol. The molecule has 4 rings (SSSR count). The number of aryl methyl sites for hydroxylation is 3. The van der Waals surface area contributed by atoms with Gasteiger partial charge in [-0.05, 0) is 151 Å². The van der Waals surface area contributed by atoms with E-state index in [1.54, 1.807) is 0 Å². The Kier molecular flexibility index (Phi) is 15.8. The first-order valence-corrected chi connectivity index (χ1v) is 17.1. The summed E-state index contributed by atoms with van der Waals surface area (Å²) in [6.45, 7) is 7.01. The van der Waals surface area contributed by atoms with E-state index in [0.717, 1.165) is 37.4 Å². The summed E-state index contributed by atoms with van der Waals surface area (Å²) >= 11 is 0. The number of unbranched alkanes of at least 4 members (excludes halogenated alkanes) is 3. The van der Waals surface area contributed by atoms with Gasteiger partial charge in [0.1, 0.15) is 0 Å². The lowest BCUT2D eigenvalue weighted by atomic mass is 9.75. The molecule has 3 N–H and O–H groups in total. The van der Waals surface area contributed by atoms with Gasteiger partial charge in [0.15, 0.2) is 0 Å². The van der Waals surface area contributed by atoms with Gasteiger partial charge in [-0.3, -0.25) is 0 Å². The zero-order chi connectivity index (χ0) is 28.9. The van der Waals surface area contributed by atoms with Crippen LogP contribution < -0.4 is 16.0 Å². The van der Waals surface area contributed by atoms with E-state index >= 15 is 0 Å². The lowest BCUT2D eigenvalue weighted by molar-refractivity contribution is 0.184. The maximum absolute atomic E-state index is 3.84. The first-order valence-electron chi connectivity index (χ1n) is 17.1. The van der Waals surface area contributed by atoms with E-state index in [1.165, 1.54) is 113 Å². The highest BCUT2D eigenvalue weighted by Gasteiger charge is 2.28. The molecule has 1 saturated carbocycles. The molecule has 3 aromatic rings. The Hall–Kier alpha value is -2.46. The molecule has 0 bridgehead atoms. The quantitative estimate of drug-likeness (QED) is 0.115. The van der Waals surface area contributed by atoms with Crippen molar-refractivity contribution in [3.05, 3.63) is 108 Å². The lowest BCUT2D eigenvalue weighted by Gasteiger charge is -2.35. The van der Waals surface area contributed by atoms with Gasteiger partial charge in [0.05, 0.1) is 0 Å². The molecule has 0 radical (unpaired) electrons. The summed E-state index contributed by atoms with van der Waals surface area (Å²) in [5.41, 5.74) is 4.40. The molecule has 0 atom stereocenters. The molecule has 3 aromatic carbocycles. The van der Waals surface area contributed by atoms with Gasteiger partial charge >= 0.3 is 0 Å². The molecule has 0 amide bonds. The molecule has 0 heterocycles. The van der Waals surface area contributed by atoms with Crippen molar-refractivity contribution in [1.82, 2.24) is 16.0 Å². The third-order valence-corrected chi connectivity index (χ3v) is 9.03. The molecular formula is C39H57N3. The zero-order valence-corrected chi connectivity index (χ0v) is 26.1. The molecule has 1 aliphatic rings. The summed E-state index contributed by atoms with van der Waals surface area (Å²) in [5.74, 6) is 2.42. The average molecular weight is 568 g/mol. The van der Waals surface area contributed by atoms with Crippen molar-refractivity contribution >= 4 is 0 Å². The van der Waals surface area contributed by atoms with Crippen molar-refractivity contribution < 1.29 is 0 Å². The number of nitrogens with one attached hydrogen (secondary N) is 3. The Balaban J connectivity index is 1.11. The van der Waals surface area contributed by atoms with E-state index in [2.05, 4.69) is 107 Å².